The molecule has 4 aromatic rings. The van der Waals surface area contributed by atoms with Crippen molar-refractivity contribution in [1.29, 1.82) is 0 Å². The van der Waals surface area contributed by atoms with Crippen LogP contribution in [0.4, 0.5) is 14.5 Å². The van der Waals surface area contributed by atoms with Gasteiger partial charge in [0.25, 0.3) is 5.91 Å². The Morgan fingerprint density at radius 1 is 1.00 bits per heavy atom. The van der Waals surface area contributed by atoms with E-state index in [2.05, 4.69) is 5.32 Å². The first-order chi connectivity index (χ1) is 14.8. The summed E-state index contributed by atoms with van der Waals surface area (Å²) in [7, 11) is 1.42. The van der Waals surface area contributed by atoms with Gasteiger partial charge in [-0.3, -0.25) is 9.59 Å². The van der Waals surface area contributed by atoms with Gasteiger partial charge < -0.3 is 15.5 Å². The zero-order valence-electron chi connectivity index (χ0n) is 16.8. The van der Waals surface area contributed by atoms with Gasteiger partial charge in [0.1, 0.15) is 23.0 Å². The zero-order chi connectivity index (χ0) is 22.3. The van der Waals surface area contributed by atoms with Gasteiger partial charge in [-0.15, -0.1) is 0 Å². The summed E-state index contributed by atoms with van der Waals surface area (Å²) >= 11 is 0. The predicted molar refractivity (Wildman–Crippen MR) is 115 cm³/mol. The molecule has 0 unspecified atom stereocenters. The van der Waals surface area contributed by atoms with Gasteiger partial charge in [0, 0.05) is 35.5 Å². The van der Waals surface area contributed by atoms with Crippen molar-refractivity contribution in [1.82, 2.24) is 5.32 Å². The molecule has 0 aliphatic carbocycles. The van der Waals surface area contributed by atoms with Crippen LogP contribution < -0.4 is 11.1 Å². The number of nitrogen functional groups attached to an aromatic ring is 1. The average Bonchev–Trinajstić information content (AvgIpc) is 3.13. The van der Waals surface area contributed by atoms with Gasteiger partial charge in [0.15, 0.2) is 5.78 Å². The summed E-state index contributed by atoms with van der Waals surface area (Å²) in [6.07, 6.45) is 0. The fraction of sp³-hybridized carbons (Fsp3) is 0.0833. The highest BCUT2D eigenvalue weighted by Gasteiger charge is 2.27. The highest BCUT2D eigenvalue weighted by Crippen LogP contribution is 2.41. The summed E-state index contributed by atoms with van der Waals surface area (Å²) in [6, 6.07) is 13.2. The molecule has 0 bridgehead atoms. The van der Waals surface area contributed by atoms with Crippen LogP contribution in [0.5, 0.6) is 0 Å². The van der Waals surface area contributed by atoms with Gasteiger partial charge in [-0.1, -0.05) is 18.2 Å². The van der Waals surface area contributed by atoms with Crippen molar-refractivity contribution >= 4 is 28.3 Å². The number of hydrogen-bond acceptors (Lipinski definition) is 4. The zero-order valence-corrected chi connectivity index (χ0v) is 16.8. The van der Waals surface area contributed by atoms with Crippen molar-refractivity contribution < 1.29 is 22.8 Å². The van der Waals surface area contributed by atoms with Crippen LogP contribution in [0.2, 0.25) is 0 Å². The van der Waals surface area contributed by atoms with E-state index in [9.17, 15) is 14.0 Å². The van der Waals surface area contributed by atoms with Gasteiger partial charge >= 0.3 is 0 Å². The van der Waals surface area contributed by atoms with E-state index in [0.717, 1.165) is 0 Å². The molecule has 4 rings (SSSR count). The Kier molecular flexibility index (Phi) is 5.02. The van der Waals surface area contributed by atoms with Gasteiger partial charge in [-0.2, -0.15) is 0 Å². The van der Waals surface area contributed by atoms with Crippen molar-refractivity contribution in [2.75, 3.05) is 12.8 Å². The molecule has 3 aromatic carbocycles. The summed E-state index contributed by atoms with van der Waals surface area (Å²) < 4.78 is 35.0. The average molecular weight is 420 g/mol. The molecule has 0 atom stereocenters. The number of furan rings is 1. The second-order valence-corrected chi connectivity index (χ2v) is 7.06. The second kappa shape index (κ2) is 7.68. The fourth-order valence-corrected chi connectivity index (χ4v) is 3.57. The minimum atomic E-state index is -0.744. The standard InChI is InChI=1S/C24H18F2N2O3/c1-12(29)14-4-3-5-15(10-14)19-17(27)11-18-20(22(19)26)21(24(30)28-2)23(31-18)13-6-8-16(25)9-7-13/h3-11H,27H2,1-2H3,(H,28,30). The van der Waals surface area contributed by atoms with Crippen molar-refractivity contribution in [3.05, 3.63) is 77.4 Å². The number of Topliss-reactive ketones (excluding diaryl/α,β-unsaturated/α-hetero) is 1. The van der Waals surface area contributed by atoms with Gasteiger partial charge in [-0.05, 0) is 42.8 Å². The van der Waals surface area contributed by atoms with Gasteiger partial charge in [0.2, 0.25) is 0 Å². The molecular weight excluding hydrogens is 402 g/mol. The normalized spacial score (nSPS) is 11.0. The number of halogens is 2. The summed E-state index contributed by atoms with van der Waals surface area (Å²) in [5, 5.41) is 2.45. The highest BCUT2D eigenvalue weighted by molar-refractivity contribution is 6.13. The van der Waals surface area contributed by atoms with E-state index in [1.54, 1.807) is 24.3 Å². The Labute approximate surface area is 176 Å². The molecule has 1 heterocycles. The fourth-order valence-electron chi connectivity index (χ4n) is 3.57. The third-order valence-electron chi connectivity index (χ3n) is 5.07. The first-order valence-corrected chi connectivity index (χ1v) is 9.45. The number of rotatable bonds is 4. The second-order valence-electron chi connectivity index (χ2n) is 7.06. The van der Waals surface area contributed by atoms with Crippen LogP contribution in [-0.4, -0.2) is 18.7 Å². The van der Waals surface area contributed by atoms with Crippen LogP contribution in [0.3, 0.4) is 0 Å². The smallest absolute Gasteiger partial charge is 0.255 e. The monoisotopic (exact) mass is 420 g/mol. The maximum atomic E-state index is 15.8. The summed E-state index contributed by atoms with van der Waals surface area (Å²) in [4.78, 5) is 24.4. The van der Waals surface area contributed by atoms with Crippen LogP contribution in [0.25, 0.3) is 33.4 Å². The molecule has 0 aliphatic heterocycles. The van der Waals surface area contributed by atoms with E-state index in [0.29, 0.717) is 16.7 Å². The first kappa shape index (κ1) is 20.3. The summed E-state index contributed by atoms with van der Waals surface area (Å²) in [6.45, 7) is 1.41. The molecule has 0 aliphatic rings. The molecule has 156 valence electrons. The van der Waals surface area contributed by atoms with Gasteiger partial charge in [-0.25, -0.2) is 8.78 Å². The SMILES string of the molecule is CNC(=O)c1c(-c2ccc(F)cc2)oc2cc(N)c(-c3cccc(C(C)=O)c3)c(F)c12. The third-order valence-corrected chi connectivity index (χ3v) is 5.07. The third kappa shape index (κ3) is 3.44. The van der Waals surface area contributed by atoms with Crippen molar-refractivity contribution in [2.45, 2.75) is 6.92 Å². The molecule has 5 nitrogen and oxygen atoms in total. The van der Waals surface area contributed by atoms with Crippen LogP contribution in [0.1, 0.15) is 27.6 Å². The van der Waals surface area contributed by atoms with Crippen LogP contribution in [0.15, 0.2) is 59.0 Å². The largest absolute Gasteiger partial charge is 0.455 e. The van der Waals surface area contributed by atoms with E-state index in [-0.39, 0.29) is 39.3 Å². The lowest BCUT2D eigenvalue weighted by Crippen LogP contribution is -2.18. The molecule has 0 radical (unpaired) electrons. The number of nitrogens with one attached hydrogen (secondary N) is 1. The predicted octanol–water partition coefficient (Wildman–Crippen LogP) is 5.19. The number of nitrogens with two attached hydrogens (primary N) is 1. The van der Waals surface area contributed by atoms with Crippen LogP contribution in [0, 0.1) is 11.6 Å². The number of amides is 1. The maximum Gasteiger partial charge on any atom is 0.255 e. The number of benzene rings is 3. The van der Waals surface area contributed by atoms with Crippen LogP contribution >= 0.6 is 0 Å². The molecule has 0 fully saturated rings. The number of carbonyl (C=O) groups is 2. The molecule has 3 N–H and O–H groups in total. The number of fused-ring (bicyclic) bond motifs is 1. The molecule has 7 heteroatoms. The number of hydrogen-bond donors (Lipinski definition) is 2. The van der Waals surface area contributed by atoms with E-state index in [1.807, 2.05) is 0 Å². The lowest BCUT2D eigenvalue weighted by Gasteiger charge is -2.10. The van der Waals surface area contributed by atoms with Crippen LogP contribution in [-0.2, 0) is 0 Å². The Morgan fingerprint density at radius 3 is 2.35 bits per heavy atom. The number of carbonyl (C=O) groups excluding carboxylic acids is 2. The molecule has 31 heavy (non-hydrogen) atoms. The maximum absolute atomic E-state index is 15.8. The topological polar surface area (TPSA) is 85.3 Å². The van der Waals surface area contributed by atoms with E-state index in [1.165, 1.54) is 44.3 Å². The lowest BCUT2D eigenvalue weighted by atomic mass is 9.96. The van der Waals surface area contributed by atoms with E-state index < -0.39 is 17.5 Å². The Hall–Kier alpha value is -4.00. The molecule has 0 spiro atoms. The molecular formula is C24H18F2N2O3. The summed E-state index contributed by atoms with van der Waals surface area (Å²) in [5.41, 5.74) is 7.57. The minimum Gasteiger partial charge on any atom is -0.455 e. The van der Waals surface area contributed by atoms with Crippen molar-refractivity contribution in [3.8, 4) is 22.5 Å². The minimum absolute atomic E-state index is 0.0226. The molecule has 1 aromatic heterocycles. The highest BCUT2D eigenvalue weighted by atomic mass is 19.1. The number of anilines is 1. The molecule has 0 saturated carbocycles. The Balaban J connectivity index is 2.04. The molecule has 0 saturated heterocycles. The molecule has 1 amide bonds. The Bertz CT molecular complexity index is 1340. The van der Waals surface area contributed by atoms with Crippen molar-refractivity contribution in [3.63, 3.8) is 0 Å². The van der Waals surface area contributed by atoms with E-state index in [4.69, 9.17) is 10.2 Å². The van der Waals surface area contributed by atoms with E-state index >= 15 is 4.39 Å². The quantitative estimate of drug-likeness (QED) is 0.351. The Morgan fingerprint density at radius 2 is 1.71 bits per heavy atom. The summed E-state index contributed by atoms with van der Waals surface area (Å²) in [5.74, 6) is -1.84. The lowest BCUT2D eigenvalue weighted by molar-refractivity contribution is 0.0963. The number of ketones is 1. The first-order valence-electron chi connectivity index (χ1n) is 9.45. The van der Waals surface area contributed by atoms with Crippen molar-refractivity contribution in [2.24, 2.45) is 0 Å². The van der Waals surface area contributed by atoms with Gasteiger partial charge in [0.05, 0.1) is 10.9 Å².